The van der Waals surface area contributed by atoms with E-state index >= 15 is 0 Å². The van der Waals surface area contributed by atoms with Gasteiger partial charge in [0.05, 0.1) is 6.54 Å². The predicted octanol–water partition coefficient (Wildman–Crippen LogP) is 1.72. The highest BCUT2D eigenvalue weighted by Crippen LogP contribution is 2.17. The van der Waals surface area contributed by atoms with E-state index in [9.17, 15) is 4.79 Å². The maximum atomic E-state index is 11.4. The van der Waals surface area contributed by atoms with Crippen LogP contribution in [-0.4, -0.2) is 17.9 Å². The van der Waals surface area contributed by atoms with Crippen LogP contribution in [0, 0.1) is 13.8 Å². The fourth-order valence-corrected chi connectivity index (χ4v) is 2.04. The SMILES string of the molecule is Cc1ccc(CN(C)Cc2cc(C(=O)NN)oc2C)o1. The molecule has 20 heavy (non-hydrogen) atoms. The summed E-state index contributed by atoms with van der Waals surface area (Å²) in [6.45, 7) is 5.10. The second-order valence-corrected chi connectivity index (χ2v) is 4.85. The minimum atomic E-state index is -0.427. The number of hydrazine groups is 1. The molecule has 2 heterocycles. The fourth-order valence-electron chi connectivity index (χ4n) is 2.04. The molecule has 6 nitrogen and oxygen atoms in total. The van der Waals surface area contributed by atoms with Gasteiger partial charge in [0.2, 0.25) is 0 Å². The average Bonchev–Trinajstić information content (AvgIpc) is 2.96. The lowest BCUT2D eigenvalue weighted by Crippen LogP contribution is -2.29. The molecule has 0 fully saturated rings. The zero-order valence-corrected chi connectivity index (χ0v) is 11.9. The summed E-state index contributed by atoms with van der Waals surface area (Å²) in [5, 5.41) is 0. The molecule has 2 aromatic heterocycles. The van der Waals surface area contributed by atoms with Crippen molar-refractivity contribution in [3.05, 3.63) is 46.8 Å². The molecule has 0 aliphatic carbocycles. The number of carbonyl (C=O) groups is 1. The van der Waals surface area contributed by atoms with Gasteiger partial charge in [0.15, 0.2) is 5.76 Å². The molecule has 108 valence electrons. The molecule has 0 bridgehead atoms. The summed E-state index contributed by atoms with van der Waals surface area (Å²) in [5.41, 5.74) is 3.01. The molecule has 0 aliphatic heterocycles. The largest absolute Gasteiger partial charge is 0.465 e. The normalized spacial score (nSPS) is 11.1. The highest BCUT2D eigenvalue weighted by atomic mass is 16.4. The van der Waals surface area contributed by atoms with Crippen LogP contribution in [0.2, 0.25) is 0 Å². The molecule has 1 amide bonds. The fraction of sp³-hybridized carbons (Fsp3) is 0.357. The van der Waals surface area contributed by atoms with Crippen molar-refractivity contribution in [3.8, 4) is 0 Å². The van der Waals surface area contributed by atoms with Crippen LogP contribution in [0.15, 0.2) is 27.0 Å². The summed E-state index contributed by atoms with van der Waals surface area (Å²) in [5.74, 6) is 7.40. The van der Waals surface area contributed by atoms with Gasteiger partial charge < -0.3 is 8.83 Å². The predicted molar refractivity (Wildman–Crippen MR) is 73.7 cm³/mol. The van der Waals surface area contributed by atoms with Gasteiger partial charge >= 0.3 is 5.91 Å². The van der Waals surface area contributed by atoms with Crippen LogP contribution in [0.25, 0.3) is 0 Å². The summed E-state index contributed by atoms with van der Waals surface area (Å²) in [6.07, 6.45) is 0. The van der Waals surface area contributed by atoms with Gasteiger partial charge in [-0.05, 0) is 39.1 Å². The van der Waals surface area contributed by atoms with Gasteiger partial charge in [0, 0.05) is 12.1 Å². The first-order chi connectivity index (χ1) is 9.49. The number of hydrogen-bond acceptors (Lipinski definition) is 5. The Morgan fingerprint density at radius 1 is 1.30 bits per heavy atom. The maximum absolute atomic E-state index is 11.4. The van der Waals surface area contributed by atoms with E-state index in [1.807, 2.05) is 33.0 Å². The molecule has 0 aliphatic rings. The lowest BCUT2D eigenvalue weighted by Gasteiger charge is -2.14. The molecule has 3 N–H and O–H groups in total. The lowest BCUT2D eigenvalue weighted by molar-refractivity contribution is 0.0924. The molecular weight excluding hydrogens is 258 g/mol. The van der Waals surface area contributed by atoms with Crippen molar-refractivity contribution in [1.82, 2.24) is 10.3 Å². The maximum Gasteiger partial charge on any atom is 0.300 e. The summed E-state index contributed by atoms with van der Waals surface area (Å²) in [4.78, 5) is 13.5. The third-order valence-electron chi connectivity index (χ3n) is 3.04. The van der Waals surface area contributed by atoms with E-state index in [4.69, 9.17) is 14.7 Å². The second-order valence-electron chi connectivity index (χ2n) is 4.85. The minimum absolute atomic E-state index is 0.224. The Balaban J connectivity index is 2.02. The minimum Gasteiger partial charge on any atom is -0.465 e. The number of aryl methyl sites for hydroxylation is 2. The Hall–Kier alpha value is -2.05. The van der Waals surface area contributed by atoms with Gasteiger partial charge in [0.25, 0.3) is 0 Å². The second kappa shape index (κ2) is 5.94. The first-order valence-corrected chi connectivity index (χ1v) is 6.33. The molecule has 0 aromatic carbocycles. The lowest BCUT2D eigenvalue weighted by atomic mass is 10.2. The first kappa shape index (κ1) is 14.4. The number of nitrogen functional groups attached to an aromatic ring is 1. The van der Waals surface area contributed by atoms with E-state index in [1.54, 1.807) is 6.07 Å². The highest BCUT2D eigenvalue weighted by molar-refractivity contribution is 5.91. The monoisotopic (exact) mass is 277 g/mol. The zero-order chi connectivity index (χ0) is 14.7. The topological polar surface area (TPSA) is 84.6 Å². The van der Waals surface area contributed by atoms with Crippen LogP contribution in [0.4, 0.5) is 0 Å². The van der Waals surface area contributed by atoms with Gasteiger partial charge in [-0.1, -0.05) is 0 Å². The standard InChI is InChI=1S/C14H19N3O3/c1-9-4-5-12(19-9)8-17(3)7-11-6-13(14(18)16-15)20-10(11)2/h4-6H,7-8,15H2,1-3H3,(H,16,18). The van der Waals surface area contributed by atoms with E-state index in [0.717, 1.165) is 17.1 Å². The Bertz CT molecular complexity index is 601. The van der Waals surface area contributed by atoms with Crippen LogP contribution < -0.4 is 11.3 Å². The quantitative estimate of drug-likeness (QED) is 0.494. The van der Waals surface area contributed by atoms with Gasteiger partial charge in [0.1, 0.15) is 17.3 Å². The Morgan fingerprint density at radius 2 is 2.05 bits per heavy atom. The molecule has 6 heteroatoms. The number of nitrogens with one attached hydrogen (secondary N) is 1. The van der Waals surface area contributed by atoms with Gasteiger partial charge in [-0.15, -0.1) is 0 Å². The van der Waals surface area contributed by atoms with Crippen molar-refractivity contribution in [2.45, 2.75) is 26.9 Å². The van der Waals surface area contributed by atoms with E-state index in [2.05, 4.69) is 10.3 Å². The summed E-state index contributed by atoms with van der Waals surface area (Å²) < 4.78 is 10.9. The zero-order valence-electron chi connectivity index (χ0n) is 11.9. The summed E-state index contributed by atoms with van der Waals surface area (Å²) in [7, 11) is 1.98. The molecule has 0 unspecified atom stereocenters. The Kier molecular flexibility index (Phi) is 4.26. The third-order valence-corrected chi connectivity index (χ3v) is 3.04. The highest BCUT2D eigenvalue weighted by Gasteiger charge is 2.15. The van der Waals surface area contributed by atoms with Crippen LogP contribution in [0.1, 0.15) is 33.4 Å². The van der Waals surface area contributed by atoms with Crippen molar-refractivity contribution in [2.24, 2.45) is 5.84 Å². The molecule has 0 saturated heterocycles. The molecule has 2 rings (SSSR count). The van der Waals surface area contributed by atoms with Crippen LogP contribution in [0.3, 0.4) is 0 Å². The van der Waals surface area contributed by atoms with Gasteiger partial charge in [-0.3, -0.25) is 15.1 Å². The van der Waals surface area contributed by atoms with Crippen molar-refractivity contribution in [1.29, 1.82) is 0 Å². The number of nitrogens with two attached hydrogens (primary N) is 1. The van der Waals surface area contributed by atoms with E-state index < -0.39 is 5.91 Å². The van der Waals surface area contributed by atoms with Crippen molar-refractivity contribution in [3.63, 3.8) is 0 Å². The van der Waals surface area contributed by atoms with Crippen LogP contribution >= 0.6 is 0 Å². The Morgan fingerprint density at radius 3 is 2.65 bits per heavy atom. The molecular formula is C14H19N3O3. The average molecular weight is 277 g/mol. The first-order valence-electron chi connectivity index (χ1n) is 6.33. The summed E-state index contributed by atoms with van der Waals surface area (Å²) in [6, 6.07) is 5.61. The molecule has 0 atom stereocenters. The van der Waals surface area contributed by atoms with E-state index in [1.165, 1.54) is 0 Å². The van der Waals surface area contributed by atoms with Crippen LogP contribution in [-0.2, 0) is 13.1 Å². The molecule has 2 aromatic rings. The molecule has 0 radical (unpaired) electrons. The Labute approximate surface area is 117 Å². The number of hydrogen-bond donors (Lipinski definition) is 2. The number of amides is 1. The smallest absolute Gasteiger partial charge is 0.300 e. The van der Waals surface area contributed by atoms with Crippen molar-refractivity contribution in [2.75, 3.05) is 7.05 Å². The summed E-state index contributed by atoms with van der Waals surface area (Å²) >= 11 is 0. The third kappa shape index (κ3) is 3.28. The molecule has 0 saturated carbocycles. The van der Waals surface area contributed by atoms with Crippen molar-refractivity contribution >= 4 is 5.91 Å². The number of nitrogens with zero attached hydrogens (tertiary/aromatic N) is 1. The van der Waals surface area contributed by atoms with Gasteiger partial charge in [-0.25, -0.2) is 5.84 Å². The molecule has 0 spiro atoms. The number of carbonyl (C=O) groups excluding carboxylic acids is 1. The van der Waals surface area contributed by atoms with Crippen LogP contribution in [0.5, 0.6) is 0 Å². The van der Waals surface area contributed by atoms with E-state index in [-0.39, 0.29) is 5.76 Å². The van der Waals surface area contributed by atoms with Crippen molar-refractivity contribution < 1.29 is 13.6 Å². The number of rotatable bonds is 5. The van der Waals surface area contributed by atoms with E-state index in [0.29, 0.717) is 18.8 Å². The number of furan rings is 2. The van der Waals surface area contributed by atoms with Gasteiger partial charge in [-0.2, -0.15) is 0 Å².